The highest BCUT2D eigenvalue weighted by Crippen LogP contribution is 2.43. The second-order valence-electron chi connectivity index (χ2n) is 14.0. The van der Waals surface area contributed by atoms with Crippen molar-refractivity contribution in [3.8, 4) is 16.8 Å². The Labute approximate surface area is 307 Å². The van der Waals surface area contributed by atoms with Crippen LogP contribution in [0.2, 0.25) is 0 Å². The van der Waals surface area contributed by atoms with Crippen LogP contribution in [0.5, 0.6) is 0 Å². The summed E-state index contributed by atoms with van der Waals surface area (Å²) in [5, 5.41) is 7.47. The van der Waals surface area contributed by atoms with E-state index in [9.17, 15) is 0 Å². The van der Waals surface area contributed by atoms with E-state index in [0.717, 1.165) is 28.0 Å². The molecule has 1 unspecified atom stereocenters. The largest absolute Gasteiger partial charge is 0.335 e. The predicted octanol–water partition coefficient (Wildman–Crippen LogP) is 12.2. The average Bonchev–Trinajstić information content (AvgIpc) is 3.74. The van der Waals surface area contributed by atoms with Crippen LogP contribution in [-0.2, 0) is 0 Å². The van der Waals surface area contributed by atoms with Gasteiger partial charge in [0.2, 0.25) is 6.29 Å². The molecule has 1 aliphatic rings. The van der Waals surface area contributed by atoms with Gasteiger partial charge in [-0.25, -0.2) is 4.99 Å². The third-order valence-electron chi connectivity index (χ3n) is 11.1. The molecule has 1 atom stereocenters. The highest BCUT2D eigenvalue weighted by atomic mass is 15.4. The summed E-state index contributed by atoms with van der Waals surface area (Å²) in [6.07, 6.45) is -0.287. The highest BCUT2D eigenvalue weighted by Gasteiger charge is 2.30. The Morgan fingerprint density at radius 2 is 1.11 bits per heavy atom. The van der Waals surface area contributed by atoms with Crippen LogP contribution in [0.25, 0.3) is 71.2 Å². The Morgan fingerprint density at radius 1 is 0.453 bits per heavy atom. The van der Waals surface area contributed by atoms with Gasteiger partial charge in [-0.05, 0) is 70.4 Å². The van der Waals surface area contributed by atoms with Crippen LogP contribution in [0.15, 0.2) is 187 Å². The maximum Gasteiger partial charge on any atom is 0.203 e. The van der Waals surface area contributed by atoms with Crippen LogP contribution in [0, 0.1) is 0 Å². The van der Waals surface area contributed by atoms with Gasteiger partial charge >= 0.3 is 0 Å². The molecule has 1 aliphatic heterocycles. The number of fused-ring (bicyclic) bond motifs is 9. The number of para-hydroxylation sites is 3. The zero-order valence-electron chi connectivity index (χ0n) is 29.2. The molecule has 0 N–H and O–H groups in total. The number of hydrogen-bond acceptors (Lipinski definition) is 2. The third-order valence-corrected chi connectivity index (χ3v) is 11.1. The summed E-state index contributed by atoms with van der Waals surface area (Å²) in [7, 11) is 2.17. The van der Waals surface area contributed by atoms with Gasteiger partial charge < -0.3 is 14.0 Å². The van der Waals surface area contributed by atoms with Gasteiger partial charge in [0.15, 0.2) is 0 Å². The fraction of sp³-hybridized carbons (Fsp3) is 0.0408. The smallest absolute Gasteiger partial charge is 0.203 e. The molecule has 10 aromatic rings. The lowest BCUT2D eigenvalue weighted by molar-refractivity contribution is 0.540. The minimum atomic E-state index is -0.287. The van der Waals surface area contributed by atoms with E-state index < -0.39 is 0 Å². The Balaban J connectivity index is 1.17. The predicted molar refractivity (Wildman–Crippen MR) is 223 cm³/mol. The van der Waals surface area contributed by atoms with Gasteiger partial charge in [0, 0.05) is 51.1 Å². The van der Waals surface area contributed by atoms with Crippen molar-refractivity contribution in [2.24, 2.45) is 4.99 Å². The quantitative estimate of drug-likeness (QED) is 0.182. The van der Waals surface area contributed by atoms with E-state index in [-0.39, 0.29) is 6.29 Å². The molecule has 8 aromatic carbocycles. The van der Waals surface area contributed by atoms with Crippen molar-refractivity contribution in [2.45, 2.75) is 6.29 Å². The number of rotatable bonds is 4. The molecule has 0 fully saturated rings. The average molecular weight is 679 g/mol. The van der Waals surface area contributed by atoms with E-state index in [2.05, 4.69) is 203 Å². The second-order valence-corrected chi connectivity index (χ2v) is 14.0. The molecule has 0 saturated heterocycles. The van der Waals surface area contributed by atoms with Crippen molar-refractivity contribution < 1.29 is 0 Å². The van der Waals surface area contributed by atoms with Crippen molar-refractivity contribution in [1.29, 1.82) is 0 Å². The number of benzene rings is 8. The van der Waals surface area contributed by atoms with E-state index in [0.29, 0.717) is 0 Å². The van der Waals surface area contributed by atoms with Gasteiger partial charge in [-0.15, -0.1) is 0 Å². The first-order chi connectivity index (χ1) is 26.2. The lowest BCUT2D eigenvalue weighted by atomic mass is 9.98. The number of aliphatic imine (C=N–C) groups is 1. The first-order valence-electron chi connectivity index (χ1n) is 18.2. The topological polar surface area (TPSA) is 25.5 Å². The van der Waals surface area contributed by atoms with Crippen LogP contribution in [0.1, 0.15) is 17.4 Å². The van der Waals surface area contributed by atoms with Crippen LogP contribution in [0.4, 0.5) is 5.69 Å². The molecule has 2 aromatic heterocycles. The summed E-state index contributed by atoms with van der Waals surface area (Å²) in [5.74, 6) is 0. The molecule has 0 radical (unpaired) electrons. The van der Waals surface area contributed by atoms with Crippen LogP contribution < -0.4 is 4.90 Å². The molecule has 0 saturated carbocycles. The van der Waals surface area contributed by atoms with Crippen molar-refractivity contribution in [3.63, 3.8) is 0 Å². The Bertz CT molecular complexity index is 3080. The highest BCUT2D eigenvalue weighted by molar-refractivity contribution is 6.22. The first-order valence-corrected chi connectivity index (χ1v) is 18.2. The van der Waals surface area contributed by atoms with E-state index in [1.807, 2.05) is 0 Å². The van der Waals surface area contributed by atoms with E-state index in [4.69, 9.17) is 4.99 Å². The Morgan fingerprint density at radius 3 is 1.98 bits per heavy atom. The summed E-state index contributed by atoms with van der Waals surface area (Å²) in [4.78, 5) is 7.89. The Kier molecular flexibility index (Phi) is 6.49. The molecule has 4 heteroatoms. The molecule has 3 heterocycles. The fourth-order valence-electron chi connectivity index (χ4n) is 8.69. The van der Waals surface area contributed by atoms with E-state index in [1.54, 1.807) is 0 Å². The summed E-state index contributed by atoms with van der Waals surface area (Å²) in [6.45, 7) is 0. The van der Waals surface area contributed by atoms with Crippen LogP contribution in [-0.4, -0.2) is 21.9 Å². The van der Waals surface area contributed by atoms with Crippen LogP contribution >= 0.6 is 0 Å². The molecule has 250 valence electrons. The summed E-state index contributed by atoms with van der Waals surface area (Å²) < 4.78 is 4.83. The summed E-state index contributed by atoms with van der Waals surface area (Å²) in [6, 6.07) is 65.9. The number of hydrogen-bond donors (Lipinski definition) is 0. The Hall–Kier alpha value is -6.91. The maximum absolute atomic E-state index is 5.57. The molecule has 0 aliphatic carbocycles. The zero-order chi connectivity index (χ0) is 35.0. The van der Waals surface area contributed by atoms with Gasteiger partial charge in [0.1, 0.15) is 0 Å². The minimum absolute atomic E-state index is 0.287. The molecular formula is C49H34N4. The van der Waals surface area contributed by atoms with Crippen LogP contribution in [0.3, 0.4) is 0 Å². The number of anilines is 1. The maximum atomic E-state index is 5.57. The fourth-order valence-corrected chi connectivity index (χ4v) is 8.69. The van der Waals surface area contributed by atoms with Crippen molar-refractivity contribution in [2.75, 3.05) is 11.9 Å². The number of nitrogens with zero attached hydrogens (tertiary/aromatic N) is 4. The lowest BCUT2D eigenvalue weighted by Gasteiger charge is -2.35. The number of aromatic nitrogens is 2. The first kappa shape index (κ1) is 29.8. The standard InChI is InChI=1S/C49H34N4/c1-51-42-22-12-11-21-40(42)48(33-15-4-2-5-16-33)50-49(51)53-44-28-26-34(30-41(44)47-37-19-9-8-14-32(37)25-29-45(47)53)35-24-27-39-38-20-10-13-23-43(38)52(46(39)31-35)36-17-6-3-7-18-36/h2-31,49H,1H3. The molecule has 0 amide bonds. The van der Waals surface area contributed by atoms with Gasteiger partial charge in [-0.2, -0.15) is 0 Å². The van der Waals surface area contributed by atoms with Crippen molar-refractivity contribution in [3.05, 3.63) is 193 Å². The molecule has 4 nitrogen and oxygen atoms in total. The molecule has 11 rings (SSSR count). The van der Waals surface area contributed by atoms with Crippen molar-refractivity contribution in [1.82, 2.24) is 9.13 Å². The van der Waals surface area contributed by atoms with Gasteiger partial charge in [-0.1, -0.05) is 133 Å². The lowest BCUT2D eigenvalue weighted by Crippen LogP contribution is -2.33. The van der Waals surface area contributed by atoms with E-state index >= 15 is 0 Å². The van der Waals surface area contributed by atoms with Gasteiger partial charge in [0.05, 0.1) is 27.8 Å². The molecule has 0 spiro atoms. The molecule has 0 bridgehead atoms. The molecule has 53 heavy (non-hydrogen) atoms. The second kappa shape index (κ2) is 11.6. The normalized spacial score (nSPS) is 14.4. The summed E-state index contributed by atoms with van der Waals surface area (Å²) in [5.41, 5.74) is 12.7. The van der Waals surface area contributed by atoms with E-state index in [1.165, 1.54) is 65.7 Å². The third kappa shape index (κ3) is 4.45. The van der Waals surface area contributed by atoms with Crippen molar-refractivity contribution >= 4 is 65.8 Å². The minimum Gasteiger partial charge on any atom is -0.335 e. The SMILES string of the molecule is CN1c2ccccc2C(c2ccccc2)=NC1n1c2ccc(-c3ccc4c5ccccc5n(-c5ccccc5)c4c3)cc2c2c3ccccc3ccc21. The summed E-state index contributed by atoms with van der Waals surface area (Å²) >= 11 is 0. The van der Waals surface area contributed by atoms with Gasteiger partial charge in [0.25, 0.3) is 0 Å². The van der Waals surface area contributed by atoms with Gasteiger partial charge in [-0.3, -0.25) is 0 Å². The molecular weight excluding hydrogens is 645 g/mol. The monoisotopic (exact) mass is 678 g/mol. The zero-order valence-corrected chi connectivity index (χ0v) is 29.2.